The van der Waals surface area contributed by atoms with Gasteiger partial charge in [-0.2, -0.15) is 0 Å². The Morgan fingerprint density at radius 3 is 2.35 bits per heavy atom. The number of benzene rings is 3. The molecular weight excluding hydrogens is 439 g/mol. The predicted molar refractivity (Wildman–Crippen MR) is 122 cm³/mol. The van der Waals surface area contributed by atoms with Crippen LogP contribution in [0.1, 0.15) is 18.1 Å². The molecule has 4 rings (SSSR count). The van der Waals surface area contributed by atoms with Crippen LogP contribution in [0.5, 0.6) is 5.75 Å². The van der Waals surface area contributed by atoms with Crippen LogP contribution in [0.15, 0.2) is 78.9 Å². The highest BCUT2D eigenvalue weighted by atomic mass is 19.1. The van der Waals surface area contributed by atoms with E-state index in [4.69, 9.17) is 9.47 Å². The number of amides is 2. The van der Waals surface area contributed by atoms with Crippen molar-refractivity contribution in [3.63, 3.8) is 0 Å². The lowest BCUT2D eigenvalue weighted by atomic mass is 9.99. The Morgan fingerprint density at radius 1 is 1.03 bits per heavy atom. The van der Waals surface area contributed by atoms with E-state index in [0.29, 0.717) is 0 Å². The van der Waals surface area contributed by atoms with Crippen LogP contribution in [-0.2, 0) is 32.1 Å². The van der Waals surface area contributed by atoms with Crippen LogP contribution in [0, 0.1) is 5.82 Å². The van der Waals surface area contributed by atoms with Gasteiger partial charge in [-0.05, 0) is 30.2 Å². The van der Waals surface area contributed by atoms with E-state index in [1.54, 1.807) is 0 Å². The summed E-state index contributed by atoms with van der Waals surface area (Å²) in [6.45, 7) is 1.29. The molecule has 0 aromatic heterocycles. The molecule has 1 heterocycles. The molecule has 2 amide bonds. The van der Waals surface area contributed by atoms with E-state index in [1.165, 1.54) is 19.1 Å². The van der Waals surface area contributed by atoms with Gasteiger partial charge >= 0.3 is 5.97 Å². The number of hydrogen-bond donors (Lipinski definition) is 2. The van der Waals surface area contributed by atoms with Crippen LogP contribution >= 0.6 is 0 Å². The van der Waals surface area contributed by atoms with Crippen LogP contribution in [-0.4, -0.2) is 29.4 Å². The number of ether oxygens (including phenoxy) is 2. The van der Waals surface area contributed by atoms with Crippen LogP contribution in [0.25, 0.3) is 0 Å². The molecular formula is C26H23FN2O5. The molecule has 2 N–H and O–H groups in total. The standard InChI is InChI=1S/C26H23FN2O5/c1-26(24(31)28-20-13-12-19(27)15-22(20)34-26)25(32)29-21(14-17-8-4-2-5-9-17)23(30)33-16-18-10-6-3-7-11-18/h2-13,15,21H,14,16H2,1H3,(H,28,31)(H,29,32)/t21-,26-/m1/s1. The lowest BCUT2D eigenvalue weighted by molar-refractivity contribution is -0.154. The molecule has 1 aliphatic rings. The summed E-state index contributed by atoms with van der Waals surface area (Å²) < 4.78 is 24.7. The lowest BCUT2D eigenvalue weighted by Crippen LogP contribution is -2.61. The first-order valence-electron chi connectivity index (χ1n) is 10.7. The largest absolute Gasteiger partial charge is 0.465 e. The second kappa shape index (κ2) is 9.74. The van der Waals surface area contributed by atoms with Crippen molar-refractivity contribution in [3.05, 3.63) is 95.8 Å². The Kier molecular flexibility index (Phi) is 6.58. The van der Waals surface area contributed by atoms with Crippen molar-refractivity contribution in [2.24, 2.45) is 0 Å². The quantitative estimate of drug-likeness (QED) is 0.415. The van der Waals surface area contributed by atoms with E-state index in [2.05, 4.69) is 10.6 Å². The van der Waals surface area contributed by atoms with Gasteiger partial charge in [0.05, 0.1) is 5.69 Å². The summed E-state index contributed by atoms with van der Waals surface area (Å²) in [5, 5.41) is 5.14. The molecule has 3 aromatic rings. The molecule has 0 aliphatic carbocycles. The van der Waals surface area contributed by atoms with Gasteiger partial charge in [-0.1, -0.05) is 60.7 Å². The van der Waals surface area contributed by atoms with Gasteiger partial charge in [-0.25, -0.2) is 9.18 Å². The normalized spacial score (nSPS) is 17.5. The van der Waals surface area contributed by atoms with Gasteiger partial charge in [0.15, 0.2) is 0 Å². The fourth-order valence-electron chi connectivity index (χ4n) is 3.51. The molecule has 7 nitrogen and oxygen atoms in total. The van der Waals surface area contributed by atoms with Crippen LogP contribution in [0.4, 0.5) is 10.1 Å². The molecule has 0 spiro atoms. The Labute approximate surface area is 195 Å². The number of fused-ring (bicyclic) bond motifs is 1. The third kappa shape index (κ3) is 5.06. The van der Waals surface area contributed by atoms with E-state index in [0.717, 1.165) is 17.2 Å². The number of anilines is 1. The molecule has 3 aromatic carbocycles. The number of hydrogen-bond acceptors (Lipinski definition) is 5. The summed E-state index contributed by atoms with van der Waals surface area (Å²) in [4.78, 5) is 38.9. The Morgan fingerprint density at radius 2 is 1.68 bits per heavy atom. The van der Waals surface area contributed by atoms with Gasteiger partial charge in [0.1, 0.15) is 24.2 Å². The van der Waals surface area contributed by atoms with Gasteiger partial charge < -0.3 is 20.1 Å². The number of carbonyl (C=O) groups excluding carboxylic acids is 3. The van der Waals surface area contributed by atoms with Crippen LogP contribution in [0.3, 0.4) is 0 Å². The highest BCUT2D eigenvalue weighted by Crippen LogP contribution is 2.34. The van der Waals surface area contributed by atoms with Crippen LogP contribution < -0.4 is 15.4 Å². The first-order valence-corrected chi connectivity index (χ1v) is 10.7. The van der Waals surface area contributed by atoms with Crippen molar-refractivity contribution in [2.75, 3.05) is 5.32 Å². The summed E-state index contributed by atoms with van der Waals surface area (Å²) in [5.41, 5.74) is -0.188. The first-order chi connectivity index (χ1) is 16.3. The second-order valence-corrected chi connectivity index (χ2v) is 8.04. The van der Waals surface area contributed by atoms with Gasteiger partial charge in [-0.15, -0.1) is 0 Å². The maximum atomic E-state index is 13.7. The predicted octanol–water partition coefficient (Wildman–Crippen LogP) is 3.39. The molecule has 0 saturated carbocycles. The number of esters is 1. The zero-order valence-electron chi connectivity index (χ0n) is 18.4. The molecule has 0 bridgehead atoms. The molecule has 0 saturated heterocycles. The summed E-state index contributed by atoms with van der Waals surface area (Å²) in [6.07, 6.45) is 0.142. The van der Waals surface area contributed by atoms with Crippen LogP contribution in [0.2, 0.25) is 0 Å². The molecule has 2 atom stereocenters. The number of carbonyl (C=O) groups is 3. The smallest absolute Gasteiger partial charge is 0.329 e. The SMILES string of the molecule is C[C@@]1(C(=O)N[C@H](Cc2ccccc2)C(=O)OCc2ccccc2)Oc2cc(F)ccc2NC1=O. The average molecular weight is 462 g/mol. The fraction of sp³-hybridized carbons (Fsp3) is 0.192. The third-order valence-electron chi connectivity index (χ3n) is 5.47. The lowest BCUT2D eigenvalue weighted by Gasteiger charge is -2.34. The van der Waals surface area contributed by atoms with E-state index in [9.17, 15) is 18.8 Å². The monoisotopic (exact) mass is 462 g/mol. The summed E-state index contributed by atoms with van der Waals surface area (Å²) >= 11 is 0. The second-order valence-electron chi connectivity index (χ2n) is 8.04. The zero-order chi connectivity index (χ0) is 24.1. The van der Waals surface area contributed by atoms with Crippen molar-refractivity contribution < 1.29 is 28.2 Å². The first kappa shape index (κ1) is 23.0. The third-order valence-corrected chi connectivity index (χ3v) is 5.47. The van der Waals surface area contributed by atoms with Crippen molar-refractivity contribution in [1.82, 2.24) is 5.32 Å². The van der Waals surface area contributed by atoms with Crippen molar-refractivity contribution in [2.45, 2.75) is 31.6 Å². The summed E-state index contributed by atoms with van der Waals surface area (Å²) in [5.74, 6) is -2.81. The van der Waals surface area contributed by atoms with E-state index < -0.39 is 35.2 Å². The highest BCUT2D eigenvalue weighted by molar-refractivity contribution is 6.15. The number of nitrogens with one attached hydrogen (secondary N) is 2. The zero-order valence-corrected chi connectivity index (χ0v) is 18.4. The molecule has 174 valence electrons. The Balaban J connectivity index is 1.53. The van der Waals surface area contributed by atoms with Gasteiger partial charge in [0.2, 0.25) is 0 Å². The highest BCUT2D eigenvalue weighted by Gasteiger charge is 2.48. The minimum Gasteiger partial charge on any atom is -0.465 e. The topological polar surface area (TPSA) is 93.7 Å². The Hall–Kier alpha value is -4.20. The van der Waals surface area contributed by atoms with Gasteiger partial charge in [-0.3, -0.25) is 9.59 Å². The van der Waals surface area contributed by atoms with Gasteiger partial charge in [0, 0.05) is 12.5 Å². The average Bonchev–Trinajstić information content (AvgIpc) is 2.84. The maximum absolute atomic E-state index is 13.7. The summed E-state index contributed by atoms with van der Waals surface area (Å²) in [6, 6.07) is 20.7. The molecule has 0 unspecified atom stereocenters. The van der Waals surface area contributed by atoms with Crippen molar-refractivity contribution in [1.29, 1.82) is 0 Å². The molecule has 8 heteroatoms. The Bertz CT molecular complexity index is 1200. The number of rotatable bonds is 7. The molecule has 1 aliphatic heterocycles. The number of halogens is 1. The van der Waals surface area contributed by atoms with E-state index in [-0.39, 0.29) is 24.5 Å². The molecule has 34 heavy (non-hydrogen) atoms. The van der Waals surface area contributed by atoms with E-state index >= 15 is 0 Å². The minimum absolute atomic E-state index is 0.0171. The maximum Gasteiger partial charge on any atom is 0.329 e. The fourth-order valence-corrected chi connectivity index (χ4v) is 3.51. The minimum atomic E-state index is -2.02. The van der Waals surface area contributed by atoms with Crippen molar-refractivity contribution >= 4 is 23.5 Å². The van der Waals surface area contributed by atoms with Crippen molar-refractivity contribution in [3.8, 4) is 5.75 Å². The van der Waals surface area contributed by atoms with E-state index in [1.807, 2.05) is 60.7 Å². The van der Waals surface area contributed by atoms with Gasteiger partial charge in [0.25, 0.3) is 17.4 Å². The molecule has 0 fully saturated rings. The summed E-state index contributed by atoms with van der Waals surface area (Å²) in [7, 11) is 0. The molecule has 0 radical (unpaired) electrons.